The molecule has 0 aromatic rings. The molecule has 1 fully saturated rings. The quantitative estimate of drug-likeness (QED) is 0.526. The second kappa shape index (κ2) is 3.53. The largest absolute Gasteiger partial charge is 0.392 e. The van der Waals surface area contributed by atoms with E-state index < -0.39 is 17.4 Å². The number of thiocarbonyl (C=S) groups is 1. The van der Waals surface area contributed by atoms with E-state index in [0.717, 1.165) is 0 Å². The van der Waals surface area contributed by atoms with E-state index >= 15 is 0 Å². The van der Waals surface area contributed by atoms with E-state index in [-0.39, 0.29) is 10.9 Å². The Morgan fingerprint density at radius 3 is 2.21 bits per heavy atom. The van der Waals surface area contributed by atoms with Crippen molar-refractivity contribution in [3.63, 3.8) is 0 Å². The number of hydrogen-bond donors (Lipinski definition) is 3. The fraction of sp³-hybridized carbons (Fsp3) is 0.625. The second-order valence-corrected chi connectivity index (χ2v) is 3.98. The highest BCUT2D eigenvalue weighted by Gasteiger charge is 2.53. The molecule has 1 unspecified atom stereocenters. The van der Waals surface area contributed by atoms with Crippen molar-refractivity contribution in [3.05, 3.63) is 0 Å². The smallest absolute Gasteiger partial charge is 0.239 e. The molecule has 1 saturated carbocycles. The van der Waals surface area contributed by atoms with Crippen LogP contribution in [0.15, 0.2) is 0 Å². The molecule has 0 heterocycles. The summed E-state index contributed by atoms with van der Waals surface area (Å²) in [6.07, 6.45) is 1.30. The average molecular weight is 215 g/mol. The second-order valence-electron chi connectivity index (χ2n) is 3.54. The van der Waals surface area contributed by atoms with Gasteiger partial charge in [-0.3, -0.25) is 9.59 Å². The Labute approximate surface area is 87.2 Å². The number of hydrogen-bond acceptors (Lipinski definition) is 3. The van der Waals surface area contributed by atoms with Crippen molar-refractivity contribution in [2.45, 2.75) is 25.8 Å². The van der Waals surface area contributed by atoms with Gasteiger partial charge >= 0.3 is 0 Å². The zero-order valence-corrected chi connectivity index (χ0v) is 8.69. The van der Waals surface area contributed by atoms with E-state index in [1.807, 2.05) is 0 Å². The minimum atomic E-state index is -0.723. The number of amides is 2. The van der Waals surface area contributed by atoms with Crippen LogP contribution in [0.3, 0.4) is 0 Å². The first-order valence-corrected chi connectivity index (χ1v) is 4.71. The molecule has 6 heteroatoms. The van der Waals surface area contributed by atoms with Crippen molar-refractivity contribution in [3.8, 4) is 0 Å². The van der Waals surface area contributed by atoms with Crippen LogP contribution in [-0.4, -0.2) is 22.8 Å². The fourth-order valence-corrected chi connectivity index (χ4v) is 1.41. The summed E-state index contributed by atoms with van der Waals surface area (Å²) in [5, 5.41) is 2.48. The number of nitrogens with one attached hydrogen (secondary N) is 1. The third-order valence-corrected chi connectivity index (χ3v) is 2.82. The number of nitrogens with two attached hydrogens (primary N) is 2. The molecule has 0 aromatic carbocycles. The van der Waals surface area contributed by atoms with Gasteiger partial charge < -0.3 is 16.8 Å². The van der Waals surface area contributed by atoms with Gasteiger partial charge in [-0.2, -0.15) is 0 Å². The molecule has 5 nitrogen and oxygen atoms in total. The van der Waals surface area contributed by atoms with Crippen LogP contribution in [0.25, 0.3) is 0 Å². The molecule has 5 N–H and O–H groups in total. The molecule has 0 radical (unpaired) electrons. The molecule has 14 heavy (non-hydrogen) atoms. The van der Waals surface area contributed by atoms with E-state index in [4.69, 9.17) is 23.7 Å². The topological polar surface area (TPSA) is 98.2 Å². The normalized spacial score (nSPS) is 19.5. The number of primary amides is 1. The van der Waals surface area contributed by atoms with Crippen LogP contribution < -0.4 is 16.8 Å². The molecule has 1 rings (SSSR count). The predicted molar refractivity (Wildman–Crippen MR) is 55.3 cm³/mol. The first-order valence-electron chi connectivity index (χ1n) is 4.30. The molecule has 0 spiro atoms. The maximum atomic E-state index is 11.6. The third kappa shape index (κ3) is 1.84. The van der Waals surface area contributed by atoms with Crippen LogP contribution in [0.4, 0.5) is 0 Å². The highest BCUT2D eigenvalue weighted by atomic mass is 32.1. The minimum absolute atomic E-state index is 0.187. The number of rotatable bonds is 4. The highest BCUT2D eigenvalue weighted by Crippen LogP contribution is 2.46. The molecule has 1 aliphatic rings. The van der Waals surface area contributed by atoms with E-state index in [9.17, 15) is 9.59 Å². The summed E-state index contributed by atoms with van der Waals surface area (Å²) < 4.78 is 0. The molecule has 0 bridgehead atoms. The summed E-state index contributed by atoms with van der Waals surface area (Å²) >= 11 is 4.79. The van der Waals surface area contributed by atoms with Gasteiger partial charge in [0.15, 0.2) is 0 Å². The zero-order valence-electron chi connectivity index (χ0n) is 7.87. The lowest BCUT2D eigenvalue weighted by molar-refractivity contribution is -0.128. The molecule has 0 saturated heterocycles. The summed E-state index contributed by atoms with van der Waals surface area (Å²) in [7, 11) is 0. The van der Waals surface area contributed by atoms with Crippen molar-refractivity contribution in [1.82, 2.24) is 5.32 Å². The summed E-state index contributed by atoms with van der Waals surface area (Å²) in [6.45, 7) is 1.52. The summed E-state index contributed by atoms with van der Waals surface area (Å²) in [5.74, 6) is -0.867. The number of carbonyl (C=O) groups is 2. The van der Waals surface area contributed by atoms with Crippen LogP contribution >= 0.6 is 12.2 Å². The molecule has 0 aromatic heterocycles. The van der Waals surface area contributed by atoms with E-state index in [2.05, 4.69) is 5.32 Å². The SMILES string of the molecule is CC(NC(=O)C1(C(N)=S)CC1)C(N)=O. The Hall–Kier alpha value is -1.17. The standard InChI is InChI=1S/C8H13N3O2S/c1-4(5(9)12)11-7(13)8(2-3-8)6(10)14/h4H,2-3H2,1H3,(H2,9,12)(H2,10,14)(H,11,13). The van der Waals surface area contributed by atoms with E-state index in [0.29, 0.717) is 12.8 Å². The average Bonchev–Trinajstić information content (AvgIpc) is 2.83. The summed E-state index contributed by atoms with van der Waals surface area (Å²) in [4.78, 5) is 22.5. The molecule has 0 aliphatic heterocycles. The van der Waals surface area contributed by atoms with Gasteiger partial charge in [0.1, 0.15) is 6.04 Å². The van der Waals surface area contributed by atoms with Crippen molar-refractivity contribution >= 4 is 29.0 Å². The molecule has 1 aliphatic carbocycles. The minimum Gasteiger partial charge on any atom is -0.392 e. The molecule has 1 atom stereocenters. The third-order valence-electron chi connectivity index (χ3n) is 2.43. The lowest BCUT2D eigenvalue weighted by Crippen LogP contribution is -2.48. The van der Waals surface area contributed by atoms with Crippen molar-refractivity contribution in [2.75, 3.05) is 0 Å². The Bertz CT molecular complexity index is 299. The summed E-state index contributed by atoms with van der Waals surface area (Å²) in [6, 6.07) is -0.686. The van der Waals surface area contributed by atoms with Gasteiger partial charge in [0, 0.05) is 0 Å². The molecule has 2 amide bonds. The first-order chi connectivity index (χ1) is 6.40. The van der Waals surface area contributed by atoms with Gasteiger partial charge in [-0.05, 0) is 19.8 Å². The maximum Gasteiger partial charge on any atom is 0.239 e. The fourth-order valence-electron chi connectivity index (χ4n) is 1.12. The van der Waals surface area contributed by atoms with Gasteiger partial charge in [-0.15, -0.1) is 0 Å². The van der Waals surface area contributed by atoms with Crippen LogP contribution in [0.1, 0.15) is 19.8 Å². The predicted octanol–water partition coefficient (Wildman–Crippen LogP) is -0.957. The van der Waals surface area contributed by atoms with Crippen molar-refractivity contribution < 1.29 is 9.59 Å². The zero-order chi connectivity index (χ0) is 10.9. The Balaban J connectivity index is 2.59. The molecular weight excluding hydrogens is 202 g/mol. The summed E-state index contributed by atoms with van der Waals surface area (Å²) in [5.41, 5.74) is 9.72. The highest BCUT2D eigenvalue weighted by molar-refractivity contribution is 7.80. The van der Waals surface area contributed by atoms with Crippen LogP contribution in [0.5, 0.6) is 0 Å². The lowest BCUT2D eigenvalue weighted by Gasteiger charge is -2.16. The Kier molecular flexibility index (Phi) is 2.75. The van der Waals surface area contributed by atoms with Gasteiger partial charge in [0.05, 0.1) is 10.4 Å². The van der Waals surface area contributed by atoms with E-state index in [1.54, 1.807) is 0 Å². The monoisotopic (exact) mass is 215 g/mol. The molecular formula is C8H13N3O2S. The Morgan fingerprint density at radius 2 is 1.93 bits per heavy atom. The van der Waals surface area contributed by atoms with Gasteiger partial charge in [0.25, 0.3) is 0 Å². The van der Waals surface area contributed by atoms with Gasteiger partial charge in [-0.1, -0.05) is 12.2 Å². The van der Waals surface area contributed by atoms with Gasteiger partial charge in [0.2, 0.25) is 11.8 Å². The van der Waals surface area contributed by atoms with Gasteiger partial charge in [-0.25, -0.2) is 0 Å². The van der Waals surface area contributed by atoms with Crippen LogP contribution in [0.2, 0.25) is 0 Å². The first kappa shape index (κ1) is 10.9. The number of carbonyl (C=O) groups excluding carboxylic acids is 2. The Morgan fingerprint density at radius 1 is 1.43 bits per heavy atom. The van der Waals surface area contributed by atoms with E-state index in [1.165, 1.54) is 6.92 Å². The van der Waals surface area contributed by atoms with Crippen LogP contribution in [-0.2, 0) is 9.59 Å². The molecule has 78 valence electrons. The lowest BCUT2D eigenvalue weighted by atomic mass is 10.1. The maximum absolute atomic E-state index is 11.6. The van der Waals surface area contributed by atoms with Crippen molar-refractivity contribution in [1.29, 1.82) is 0 Å². The van der Waals surface area contributed by atoms with Crippen LogP contribution in [0, 0.1) is 5.41 Å². The van der Waals surface area contributed by atoms with Crippen molar-refractivity contribution in [2.24, 2.45) is 16.9 Å².